The number of hydrogen-bond acceptors (Lipinski definition) is 7. The maximum atomic E-state index is 14.0. The van der Waals surface area contributed by atoms with Crippen molar-refractivity contribution >= 4 is 34.5 Å². The highest BCUT2D eigenvalue weighted by molar-refractivity contribution is 7.07. The average molecular weight is 502 g/mol. The summed E-state index contributed by atoms with van der Waals surface area (Å²) in [5.41, 5.74) is 2.73. The SMILES string of the molecule is C=CCN1C(=O)/C(=c2/sc3n(c2=O)[C@@H](c2ccc(OC)cc2)C(C(=O)OC)=C(C)N=3)c2ccccc21. The molecule has 8 nitrogen and oxygen atoms in total. The van der Waals surface area contributed by atoms with Crippen molar-refractivity contribution in [3.05, 3.63) is 103 Å². The molecule has 1 amide bonds. The molecule has 182 valence electrons. The number of anilines is 1. The molecule has 0 radical (unpaired) electrons. The largest absolute Gasteiger partial charge is 0.497 e. The van der Waals surface area contributed by atoms with E-state index >= 15 is 0 Å². The van der Waals surface area contributed by atoms with Gasteiger partial charge < -0.3 is 14.4 Å². The molecule has 0 saturated heterocycles. The van der Waals surface area contributed by atoms with Gasteiger partial charge in [0.1, 0.15) is 10.3 Å². The van der Waals surface area contributed by atoms with Gasteiger partial charge in [-0.1, -0.05) is 47.7 Å². The summed E-state index contributed by atoms with van der Waals surface area (Å²) in [5, 5.41) is 0. The lowest BCUT2D eigenvalue weighted by Gasteiger charge is -2.24. The van der Waals surface area contributed by atoms with E-state index in [1.165, 1.54) is 11.7 Å². The quantitative estimate of drug-likeness (QED) is 0.395. The van der Waals surface area contributed by atoms with Gasteiger partial charge in [-0.3, -0.25) is 14.2 Å². The fraction of sp³-hybridized carbons (Fsp3) is 0.185. The van der Waals surface area contributed by atoms with Crippen molar-refractivity contribution in [1.82, 2.24) is 4.57 Å². The molecule has 9 heteroatoms. The normalized spacial score (nSPS) is 17.9. The zero-order valence-corrected chi connectivity index (χ0v) is 20.8. The molecule has 2 aromatic carbocycles. The van der Waals surface area contributed by atoms with Crippen LogP contribution in [0.25, 0.3) is 5.57 Å². The van der Waals surface area contributed by atoms with Gasteiger partial charge in [-0.25, -0.2) is 9.79 Å². The van der Waals surface area contributed by atoms with Crippen molar-refractivity contribution in [3.8, 4) is 5.75 Å². The fourth-order valence-corrected chi connectivity index (χ4v) is 5.79. The van der Waals surface area contributed by atoms with Crippen molar-refractivity contribution in [3.63, 3.8) is 0 Å². The van der Waals surface area contributed by atoms with E-state index in [9.17, 15) is 14.4 Å². The molecular formula is C27H23N3O5S. The van der Waals surface area contributed by atoms with Crippen LogP contribution in [0.4, 0.5) is 5.69 Å². The van der Waals surface area contributed by atoms with Gasteiger partial charge in [0.15, 0.2) is 4.80 Å². The summed E-state index contributed by atoms with van der Waals surface area (Å²) < 4.78 is 12.1. The van der Waals surface area contributed by atoms with E-state index in [2.05, 4.69) is 11.6 Å². The number of benzene rings is 2. The van der Waals surface area contributed by atoms with E-state index in [0.717, 1.165) is 17.0 Å². The van der Waals surface area contributed by atoms with E-state index in [-0.39, 0.29) is 16.0 Å². The Morgan fingerprint density at radius 2 is 1.86 bits per heavy atom. The van der Waals surface area contributed by atoms with Gasteiger partial charge in [0.25, 0.3) is 11.5 Å². The molecule has 0 spiro atoms. The maximum absolute atomic E-state index is 14.0. The summed E-state index contributed by atoms with van der Waals surface area (Å²) >= 11 is 1.14. The number of ether oxygens (including phenoxy) is 2. The minimum absolute atomic E-state index is 0.262. The van der Waals surface area contributed by atoms with Crippen molar-refractivity contribution in [2.45, 2.75) is 13.0 Å². The first kappa shape index (κ1) is 23.5. The maximum Gasteiger partial charge on any atom is 0.338 e. The number of carbonyl (C=O) groups is 2. The molecule has 0 N–H and O–H groups in total. The van der Waals surface area contributed by atoms with E-state index in [0.29, 0.717) is 39.5 Å². The summed E-state index contributed by atoms with van der Waals surface area (Å²) in [6.45, 7) is 5.79. The summed E-state index contributed by atoms with van der Waals surface area (Å²) in [5.74, 6) is -0.204. The Bertz CT molecular complexity index is 1630. The van der Waals surface area contributed by atoms with Gasteiger partial charge in [-0.05, 0) is 30.7 Å². The number of thiazole rings is 1. The monoisotopic (exact) mass is 501 g/mol. The minimum Gasteiger partial charge on any atom is -0.497 e. The Labute approximate surface area is 210 Å². The van der Waals surface area contributed by atoms with Crippen molar-refractivity contribution < 1.29 is 19.1 Å². The number of esters is 1. The summed E-state index contributed by atoms with van der Waals surface area (Å²) in [6.07, 6.45) is 1.65. The molecule has 0 unspecified atom stereocenters. The Hall–Kier alpha value is -4.24. The molecule has 3 heterocycles. The number of hydrogen-bond donors (Lipinski definition) is 0. The van der Waals surface area contributed by atoms with Gasteiger partial charge >= 0.3 is 5.97 Å². The van der Waals surface area contributed by atoms with Gasteiger partial charge in [0.05, 0.1) is 42.8 Å². The second-order valence-electron chi connectivity index (χ2n) is 8.26. The molecule has 3 aromatic rings. The lowest BCUT2D eigenvalue weighted by molar-refractivity contribution is -0.136. The predicted octanol–water partition coefficient (Wildman–Crippen LogP) is 2.32. The van der Waals surface area contributed by atoms with E-state index in [4.69, 9.17) is 9.47 Å². The van der Waals surface area contributed by atoms with E-state index < -0.39 is 17.6 Å². The molecule has 2 aliphatic rings. The number of amides is 1. The first-order chi connectivity index (χ1) is 17.4. The number of aromatic nitrogens is 1. The molecule has 36 heavy (non-hydrogen) atoms. The molecule has 0 bridgehead atoms. The third kappa shape index (κ3) is 3.51. The first-order valence-corrected chi connectivity index (χ1v) is 12.0. The second kappa shape index (κ2) is 9.09. The van der Waals surface area contributed by atoms with Crippen LogP contribution in [0.1, 0.15) is 24.1 Å². The van der Waals surface area contributed by atoms with E-state index in [1.54, 1.807) is 49.3 Å². The standard InChI is InChI=1S/C27H23N3O5S/c1-5-14-29-19-9-7-6-8-18(19)21(24(29)31)23-25(32)30-22(16-10-12-17(34-3)13-11-16)20(26(33)35-4)15(2)28-27(30)36-23/h5-13,22H,1,14H2,2-4H3/b23-21+/t22-/m0/s1. The summed E-state index contributed by atoms with van der Waals surface area (Å²) in [6, 6.07) is 13.7. The average Bonchev–Trinajstić information content (AvgIpc) is 3.35. The molecular weight excluding hydrogens is 478 g/mol. The molecule has 2 aliphatic heterocycles. The lowest BCUT2D eigenvalue weighted by atomic mass is 9.96. The van der Waals surface area contributed by atoms with Crippen LogP contribution >= 0.6 is 11.3 Å². The molecule has 0 saturated carbocycles. The first-order valence-electron chi connectivity index (χ1n) is 11.2. The number of para-hydroxylation sites is 1. The number of nitrogens with zero attached hydrogens (tertiary/aromatic N) is 3. The van der Waals surface area contributed by atoms with Crippen LogP contribution in [0, 0.1) is 0 Å². The van der Waals surface area contributed by atoms with Crippen LogP contribution in [-0.4, -0.2) is 37.2 Å². The van der Waals surface area contributed by atoms with E-state index in [1.807, 2.05) is 24.3 Å². The highest BCUT2D eigenvalue weighted by Gasteiger charge is 2.36. The number of rotatable bonds is 5. The van der Waals surface area contributed by atoms with Crippen LogP contribution in [0.5, 0.6) is 5.75 Å². The third-order valence-corrected chi connectivity index (χ3v) is 7.35. The number of allylic oxidation sites excluding steroid dienone is 1. The number of methoxy groups -OCH3 is 2. The summed E-state index contributed by atoms with van der Waals surface area (Å²) in [4.78, 5) is 46.9. The van der Waals surface area contributed by atoms with Gasteiger partial charge in [-0.2, -0.15) is 0 Å². The fourth-order valence-electron chi connectivity index (χ4n) is 4.65. The van der Waals surface area contributed by atoms with Crippen LogP contribution in [0.3, 0.4) is 0 Å². The molecule has 0 aliphatic carbocycles. The highest BCUT2D eigenvalue weighted by Crippen LogP contribution is 2.35. The van der Waals surface area contributed by atoms with Crippen molar-refractivity contribution in [1.29, 1.82) is 0 Å². The van der Waals surface area contributed by atoms with Crippen molar-refractivity contribution in [2.75, 3.05) is 25.7 Å². The third-order valence-electron chi connectivity index (χ3n) is 6.30. The van der Waals surface area contributed by atoms with Gasteiger partial charge in [0.2, 0.25) is 0 Å². The van der Waals surface area contributed by atoms with Gasteiger partial charge in [-0.15, -0.1) is 6.58 Å². The predicted molar refractivity (Wildman–Crippen MR) is 137 cm³/mol. The molecule has 1 aromatic heterocycles. The second-order valence-corrected chi connectivity index (χ2v) is 9.24. The Morgan fingerprint density at radius 3 is 2.53 bits per heavy atom. The topological polar surface area (TPSA) is 90.2 Å². The lowest BCUT2D eigenvalue weighted by Crippen LogP contribution is -2.40. The van der Waals surface area contributed by atoms with Crippen LogP contribution in [0.2, 0.25) is 0 Å². The smallest absolute Gasteiger partial charge is 0.338 e. The zero-order valence-electron chi connectivity index (χ0n) is 20.0. The Balaban J connectivity index is 1.81. The van der Waals surface area contributed by atoms with Crippen molar-refractivity contribution in [2.24, 2.45) is 4.99 Å². The Morgan fingerprint density at radius 1 is 1.14 bits per heavy atom. The molecule has 5 rings (SSSR count). The van der Waals surface area contributed by atoms with Gasteiger partial charge in [0, 0.05) is 12.1 Å². The van der Waals surface area contributed by atoms with Crippen LogP contribution in [-0.2, 0) is 14.3 Å². The number of fused-ring (bicyclic) bond motifs is 2. The Kier molecular flexibility index (Phi) is 5.93. The van der Waals surface area contributed by atoms with Crippen LogP contribution < -0.4 is 24.5 Å². The summed E-state index contributed by atoms with van der Waals surface area (Å²) in [7, 11) is 2.86. The van der Waals surface area contributed by atoms with Crippen LogP contribution in [0.15, 0.2) is 82.2 Å². The number of carbonyl (C=O) groups excluding carboxylic acids is 2. The highest BCUT2D eigenvalue weighted by atomic mass is 32.1. The minimum atomic E-state index is -0.773. The molecule has 0 fully saturated rings. The zero-order chi connectivity index (χ0) is 25.6. The molecule has 1 atom stereocenters.